The summed E-state index contributed by atoms with van der Waals surface area (Å²) in [7, 11) is 0. The molecule has 0 radical (unpaired) electrons. The molecular weight excluding hydrogens is 330 g/mol. The van der Waals surface area contributed by atoms with Crippen LogP contribution in [0.2, 0.25) is 0 Å². The first-order valence-corrected chi connectivity index (χ1v) is 9.05. The van der Waals surface area contributed by atoms with Crippen LogP contribution >= 0.6 is 0 Å². The number of hydrogen-bond acceptors (Lipinski definition) is 4. The minimum Gasteiger partial charge on any atom is -0.467 e. The summed E-state index contributed by atoms with van der Waals surface area (Å²) in [5, 5.41) is 5.67. The lowest BCUT2D eigenvalue weighted by molar-refractivity contribution is -0.117. The number of carbonyl (C=O) groups is 2. The molecular formula is C20H27N3O3. The molecule has 26 heavy (non-hydrogen) atoms. The maximum absolute atomic E-state index is 12.3. The molecule has 2 aromatic rings. The summed E-state index contributed by atoms with van der Waals surface area (Å²) in [6, 6.07) is 10.5. The van der Waals surface area contributed by atoms with Crippen molar-refractivity contribution in [1.82, 2.24) is 10.2 Å². The number of amides is 2. The van der Waals surface area contributed by atoms with Crippen LogP contribution in [0.4, 0.5) is 5.69 Å². The summed E-state index contributed by atoms with van der Waals surface area (Å²) in [4.78, 5) is 26.7. The molecule has 6 heteroatoms. The highest BCUT2D eigenvalue weighted by atomic mass is 16.3. The SMILES string of the molecule is CCCN(CCC)CC(=O)Nc1cccc(C(=O)NCc2ccco2)c1. The Morgan fingerprint density at radius 1 is 1.08 bits per heavy atom. The lowest BCUT2D eigenvalue weighted by Crippen LogP contribution is -2.34. The third-order valence-corrected chi connectivity index (χ3v) is 3.86. The molecule has 1 aromatic heterocycles. The number of carbonyl (C=O) groups excluding carboxylic acids is 2. The summed E-state index contributed by atoms with van der Waals surface area (Å²) >= 11 is 0. The highest BCUT2D eigenvalue weighted by Gasteiger charge is 2.11. The van der Waals surface area contributed by atoms with Gasteiger partial charge in [-0.3, -0.25) is 14.5 Å². The number of benzene rings is 1. The van der Waals surface area contributed by atoms with Crippen molar-refractivity contribution in [3.63, 3.8) is 0 Å². The summed E-state index contributed by atoms with van der Waals surface area (Å²) in [5.74, 6) is 0.408. The van der Waals surface area contributed by atoms with E-state index in [4.69, 9.17) is 4.42 Å². The Hall–Kier alpha value is -2.60. The zero-order chi connectivity index (χ0) is 18.8. The van der Waals surface area contributed by atoms with Gasteiger partial charge in [-0.05, 0) is 56.3 Å². The minimum absolute atomic E-state index is 0.0694. The zero-order valence-electron chi connectivity index (χ0n) is 15.5. The minimum atomic E-state index is -0.212. The first-order valence-electron chi connectivity index (χ1n) is 9.05. The molecule has 0 unspecified atom stereocenters. The van der Waals surface area contributed by atoms with Gasteiger partial charge >= 0.3 is 0 Å². The fourth-order valence-corrected chi connectivity index (χ4v) is 2.73. The van der Waals surface area contributed by atoms with Crippen molar-refractivity contribution in [1.29, 1.82) is 0 Å². The van der Waals surface area contributed by atoms with E-state index in [1.165, 1.54) is 0 Å². The van der Waals surface area contributed by atoms with Crippen LogP contribution in [-0.4, -0.2) is 36.3 Å². The van der Waals surface area contributed by atoms with E-state index in [1.54, 1.807) is 42.7 Å². The standard InChI is InChI=1S/C20H27N3O3/c1-3-10-23(11-4-2)15-19(24)22-17-8-5-7-16(13-17)20(25)21-14-18-9-6-12-26-18/h5-9,12-13H,3-4,10-11,14-15H2,1-2H3,(H,21,25)(H,22,24). The van der Waals surface area contributed by atoms with E-state index < -0.39 is 0 Å². The molecule has 0 bridgehead atoms. The lowest BCUT2D eigenvalue weighted by Gasteiger charge is -2.20. The van der Waals surface area contributed by atoms with E-state index in [0.29, 0.717) is 30.1 Å². The first-order chi connectivity index (χ1) is 12.6. The Bertz CT molecular complexity index is 692. The third kappa shape index (κ3) is 6.37. The van der Waals surface area contributed by atoms with Crippen LogP contribution in [0.15, 0.2) is 47.1 Å². The number of hydrogen-bond donors (Lipinski definition) is 2. The molecule has 0 fully saturated rings. The van der Waals surface area contributed by atoms with E-state index in [-0.39, 0.29) is 11.8 Å². The molecule has 2 rings (SSSR count). The van der Waals surface area contributed by atoms with Crippen LogP contribution in [0.1, 0.15) is 42.8 Å². The predicted molar refractivity (Wildman–Crippen MR) is 102 cm³/mol. The molecule has 0 spiro atoms. The summed E-state index contributed by atoms with van der Waals surface area (Å²) in [6.45, 7) is 6.69. The normalized spacial score (nSPS) is 10.7. The van der Waals surface area contributed by atoms with Crippen molar-refractivity contribution < 1.29 is 14.0 Å². The van der Waals surface area contributed by atoms with Gasteiger partial charge in [-0.1, -0.05) is 19.9 Å². The molecule has 0 saturated carbocycles. The fraction of sp³-hybridized carbons (Fsp3) is 0.400. The van der Waals surface area contributed by atoms with Gasteiger partial charge in [-0.25, -0.2) is 0 Å². The Kier molecular flexibility index (Phi) is 7.89. The van der Waals surface area contributed by atoms with Gasteiger partial charge in [0.05, 0.1) is 19.4 Å². The molecule has 1 heterocycles. The van der Waals surface area contributed by atoms with E-state index in [0.717, 1.165) is 25.9 Å². The fourth-order valence-electron chi connectivity index (χ4n) is 2.73. The molecule has 0 atom stereocenters. The Morgan fingerprint density at radius 3 is 2.50 bits per heavy atom. The van der Waals surface area contributed by atoms with Crippen molar-refractivity contribution in [2.24, 2.45) is 0 Å². The summed E-state index contributed by atoms with van der Waals surface area (Å²) in [6.07, 6.45) is 3.59. The van der Waals surface area contributed by atoms with Crippen molar-refractivity contribution >= 4 is 17.5 Å². The number of furan rings is 1. The summed E-state index contributed by atoms with van der Waals surface area (Å²) in [5.41, 5.74) is 1.11. The molecule has 0 aliphatic carbocycles. The number of nitrogens with zero attached hydrogens (tertiary/aromatic N) is 1. The molecule has 1 aromatic carbocycles. The van der Waals surface area contributed by atoms with Gasteiger partial charge < -0.3 is 15.1 Å². The topological polar surface area (TPSA) is 74.6 Å². The van der Waals surface area contributed by atoms with Gasteiger partial charge in [0.15, 0.2) is 0 Å². The Labute approximate surface area is 154 Å². The molecule has 0 saturated heterocycles. The number of anilines is 1. The lowest BCUT2D eigenvalue weighted by atomic mass is 10.2. The van der Waals surface area contributed by atoms with E-state index in [1.807, 2.05) is 0 Å². The van der Waals surface area contributed by atoms with E-state index >= 15 is 0 Å². The van der Waals surface area contributed by atoms with Crippen molar-refractivity contribution in [2.75, 3.05) is 25.0 Å². The third-order valence-electron chi connectivity index (χ3n) is 3.86. The van der Waals surface area contributed by atoms with E-state index in [9.17, 15) is 9.59 Å². The highest BCUT2D eigenvalue weighted by Crippen LogP contribution is 2.11. The molecule has 2 N–H and O–H groups in total. The van der Waals surface area contributed by atoms with Gasteiger partial charge in [0.25, 0.3) is 5.91 Å². The smallest absolute Gasteiger partial charge is 0.251 e. The first kappa shape index (κ1) is 19.7. The quantitative estimate of drug-likeness (QED) is 0.684. The van der Waals surface area contributed by atoms with Crippen LogP contribution in [0.5, 0.6) is 0 Å². The number of nitrogens with one attached hydrogen (secondary N) is 2. The van der Waals surface area contributed by atoms with Gasteiger partial charge in [0.2, 0.25) is 5.91 Å². The monoisotopic (exact) mass is 357 g/mol. The molecule has 140 valence electrons. The second kappa shape index (κ2) is 10.4. The predicted octanol–water partition coefficient (Wildman–Crippen LogP) is 3.27. The summed E-state index contributed by atoms with van der Waals surface area (Å²) < 4.78 is 5.20. The van der Waals surface area contributed by atoms with Gasteiger partial charge in [0, 0.05) is 11.3 Å². The largest absolute Gasteiger partial charge is 0.467 e. The van der Waals surface area contributed by atoms with Gasteiger partial charge in [-0.2, -0.15) is 0 Å². The second-order valence-electron chi connectivity index (χ2n) is 6.17. The molecule has 0 aliphatic heterocycles. The van der Waals surface area contributed by atoms with Crippen LogP contribution in [0, 0.1) is 0 Å². The van der Waals surface area contributed by atoms with Crippen LogP contribution in [0.25, 0.3) is 0 Å². The highest BCUT2D eigenvalue weighted by molar-refractivity contribution is 5.97. The van der Waals surface area contributed by atoms with E-state index in [2.05, 4.69) is 29.4 Å². The van der Waals surface area contributed by atoms with Crippen LogP contribution < -0.4 is 10.6 Å². The van der Waals surface area contributed by atoms with Crippen molar-refractivity contribution in [3.05, 3.63) is 54.0 Å². The Morgan fingerprint density at radius 2 is 1.85 bits per heavy atom. The van der Waals surface area contributed by atoms with Gasteiger partial charge in [0.1, 0.15) is 5.76 Å². The average Bonchev–Trinajstić information content (AvgIpc) is 3.14. The van der Waals surface area contributed by atoms with Crippen molar-refractivity contribution in [2.45, 2.75) is 33.2 Å². The zero-order valence-corrected chi connectivity index (χ0v) is 15.5. The van der Waals surface area contributed by atoms with Gasteiger partial charge in [-0.15, -0.1) is 0 Å². The molecule has 0 aliphatic rings. The maximum atomic E-state index is 12.3. The number of rotatable bonds is 10. The molecule has 2 amide bonds. The maximum Gasteiger partial charge on any atom is 0.251 e. The van der Waals surface area contributed by atoms with Crippen LogP contribution in [-0.2, 0) is 11.3 Å². The second-order valence-corrected chi connectivity index (χ2v) is 6.17. The molecule has 6 nitrogen and oxygen atoms in total. The van der Waals surface area contributed by atoms with Crippen molar-refractivity contribution in [3.8, 4) is 0 Å². The average molecular weight is 357 g/mol. The Balaban J connectivity index is 1.90. The van der Waals surface area contributed by atoms with Crippen LogP contribution in [0.3, 0.4) is 0 Å².